The van der Waals surface area contributed by atoms with Crippen molar-refractivity contribution in [1.29, 1.82) is 0 Å². The first kappa shape index (κ1) is 16.5. The molecular formula is C19H19N5OS. The Morgan fingerprint density at radius 1 is 1.12 bits per heavy atom. The van der Waals surface area contributed by atoms with Crippen molar-refractivity contribution in [1.82, 2.24) is 24.5 Å². The summed E-state index contributed by atoms with van der Waals surface area (Å²) in [6.45, 7) is 4.56. The lowest BCUT2D eigenvalue weighted by Gasteiger charge is -2.08. The summed E-state index contributed by atoms with van der Waals surface area (Å²) in [7, 11) is 0. The number of carbonyl (C=O) groups is 1. The van der Waals surface area contributed by atoms with Gasteiger partial charge in [0.25, 0.3) is 5.91 Å². The molecule has 4 aromatic rings. The number of thiophene rings is 1. The molecule has 4 rings (SSSR count). The summed E-state index contributed by atoms with van der Waals surface area (Å²) in [5.74, 6) is 0.786. The van der Waals surface area contributed by atoms with Crippen molar-refractivity contribution in [3.63, 3.8) is 0 Å². The van der Waals surface area contributed by atoms with Crippen LogP contribution in [-0.2, 0) is 6.42 Å². The predicted molar refractivity (Wildman–Crippen MR) is 102 cm³/mol. The Balaban J connectivity index is 1.51. The quantitative estimate of drug-likeness (QED) is 0.591. The average molecular weight is 365 g/mol. The summed E-state index contributed by atoms with van der Waals surface area (Å²) in [4.78, 5) is 14.0. The Bertz CT molecular complexity index is 1060. The number of carbonyl (C=O) groups excluding carboxylic acids is 1. The number of amides is 1. The van der Waals surface area contributed by atoms with Crippen LogP contribution in [0.5, 0.6) is 0 Å². The van der Waals surface area contributed by atoms with Crippen molar-refractivity contribution in [3.8, 4) is 5.00 Å². The number of fused-ring (bicyclic) bond motifs is 1. The Kier molecular flexibility index (Phi) is 4.30. The molecule has 0 saturated heterocycles. The van der Waals surface area contributed by atoms with E-state index in [0.29, 0.717) is 13.0 Å². The summed E-state index contributed by atoms with van der Waals surface area (Å²) < 4.78 is 3.93. The van der Waals surface area contributed by atoms with Crippen molar-refractivity contribution in [2.45, 2.75) is 20.3 Å². The second-order valence-corrected chi connectivity index (χ2v) is 7.31. The minimum Gasteiger partial charge on any atom is -0.351 e. The third kappa shape index (κ3) is 2.90. The Hall–Kier alpha value is -2.93. The first-order chi connectivity index (χ1) is 12.6. The summed E-state index contributed by atoms with van der Waals surface area (Å²) in [5, 5.41) is 12.3. The van der Waals surface area contributed by atoms with Gasteiger partial charge in [-0.2, -0.15) is 0 Å². The van der Waals surface area contributed by atoms with Gasteiger partial charge in [0, 0.05) is 36.4 Å². The average Bonchev–Trinajstić information content (AvgIpc) is 3.36. The Morgan fingerprint density at radius 3 is 2.69 bits per heavy atom. The van der Waals surface area contributed by atoms with Crippen molar-refractivity contribution >= 4 is 22.9 Å². The van der Waals surface area contributed by atoms with Gasteiger partial charge < -0.3 is 9.88 Å². The minimum absolute atomic E-state index is 0.0515. The first-order valence-electron chi connectivity index (χ1n) is 8.45. The summed E-state index contributed by atoms with van der Waals surface area (Å²) in [5.41, 5.74) is 2.59. The molecule has 0 radical (unpaired) electrons. The van der Waals surface area contributed by atoms with E-state index in [4.69, 9.17) is 0 Å². The smallest absolute Gasteiger partial charge is 0.254 e. The molecule has 0 aliphatic rings. The van der Waals surface area contributed by atoms with E-state index in [2.05, 4.69) is 15.5 Å². The van der Waals surface area contributed by atoms with E-state index in [1.165, 1.54) is 0 Å². The van der Waals surface area contributed by atoms with Gasteiger partial charge in [-0.1, -0.05) is 6.07 Å². The second-order valence-electron chi connectivity index (χ2n) is 6.10. The zero-order valence-corrected chi connectivity index (χ0v) is 15.5. The molecule has 0 unspecified atom stereocenters. The molecule has 0 aromatic carbocycles. The van der Waals surface area contributed by atoms with Crippen molar-refractivity contribution < 1.29 is 4.79 Å². The third-order valence-corrected chi connectivity index (χ3v) is 5.67. The largest absolute Gasteiger partial charge is 0.351 e. The van der Waals surface area contributed by atoms with Crippen LogP contribution in [0.4, 0.5) is 0 Å². The highest BCUT2D eigenvalue weighted by Gasteiger charge is 2.20. The van der Waals surface area contributed by atoms with Crippen molar-refractivity contribution in [3.05, 3.63) is 70.8 Å². The lowest BCUT2D eigenvalue weighted by atomic mass is 10.1. The van der Waals surface area contributed by atoms with Crippen LogP contribution in [0.1, 0.15) is 26.6 Å². The molecule has 1 amide bonds. The van der Waals surface area contributed by atoms with Gasteiger partial charge in [0.05, 0.1) is 5.56 Å². The van der Waals surface area contributed by atoms with E-state index in [9.17, 15) is 4.79 Å². The molecule has 0 aliphatic carbocycles. The molecule has 0 atom stereocenters. The van der Waals surface area contributed by atoms with Gasteiger partial charge >= 0.3 is 0 Å². The lowest BCUT2D eigenvalue weighted by Crippen LogP contribution is -2.27. The van der Waals surface area contributed by atoms with Crippen molar-refractivity contribution in [2.24, 2.45) is 0 Å². The number of rotatable bonds is 5. The van der Waals surface area contributed by atoms with E-state index in [1.807, 2.05) is 71.7 Å². The molecule has 4 heterocycles. The van der Waals surface area contributed by atoms with Gasteiger partial charge in [-0.15, -0.1) is 21.5 Å². The maximum atomic E-state index is 12.8. The standard InChI is InChI=1S/C19H19N5OS/c1-13-14(2)26-19(23-10-5-6-11-23)17(13)18(25)20-9-8-16-22-21-15-7-3-4-12-24(15)16/h3-7,10-12H,8-9H2,1-2H3,(H,20,25). The van der Waals surface area contributed by atoms with Crippen LogP contribution >= 0.6 is 11.3 Å². The molecule has 0 saturated carbocycles. The van der Waals surface area contributed by atoms with Gasteiger partial charge in [0.1, 0.15) is 10.8 Å². The summed E-state index contributed by atoms with van der Waals surface area (Å²) in [6.07, 6.45) is 6.48. The molecule has 1 N–H and O–H groups in total. The fraction of sp³-hybridized carbons (Fsp3) is 0.211. The number of pyridine rings is 1. The van der Waals surface area contributed by atoms with Crippen LogP contribution in [0.2, 0.25) is 0 Å². The van der Waals surface area contributed by atoms with Crippen LogP contribution in [0.15, 0.2) is 48.9 Å². The first-order valence-corrected chi connectivity index (χ1v) is 9.27. The number of aromatic nitrogens is 4. The highest BCUT2D eigenvalue weighted by molar-refractivity contribution is 7.15. The Labute approximate surface area is 155 Å². The van der Waals surface area contributed by atoms with Gasteiger partial charge in [0.2, 0.25) is 0 Å². The molecule has 4 aromatic heterocycles. The molecule has 6 nitrogen and oxygen atoms in total. The molecular weight excluding hydrogens is 346 g/mol. The van der Waals surface area contributed by atoms with E-state index >= 15 is 0 Å². The van der Waals surface area contributed by atoms with Crippen LogP contribution in [0, 0.1) is 13.8 Å². The highest BCUT2D eigenvalue weighted by atomic mass is 32.1. The summed E-state index contributed by atoms with van der Waals surface area (Å²) >= 11 is 1.64. The fourth-order valence-electron chi connectivity index (χ4n) is 2.97. The third-order valence-electron chi connectivity index (χ3n) is 4.45. The SMILES string of the molecule is Cc1sc(-n2cccc2)c(C(=O)NCCc2nnc3ccccn23)c1C. The zero-order valence-electron chi connectivity index (χ0n) is 14.6. The highest BCUT2D eigenvalue weighted by Crippen LogP contribution is 2.30. The number of hydrogen-bond donors (Lipinski definition) is 1. The van der Waals surface area contributed by atoms with Gasteiger partial charge in [0.15, 0.2) is 5.65 Å². The molecule has 26 heavy (non-hydrogen) atoms. The van der Waals surface area contributed by atoms with Crippen LogP contribution in [0.3, 0.4) is 0 Å². The maximum absolute atomic E-state index is 12.8. The van der Waals surface area contributed by atoms with Crippen LogP contribution in [0.25, 0.3) is 10.6 Å². The van der Waals surface area contributed by atoms with E-state index in [0.717, 1.165) is 32.5 Å². The maximum Gasteiger partial charge on any atom is 0.254 e. The molecule has 0 fully saturated rings. The molecule has 132 valence electrons. The zero-order chi connectivity index (χ0) is 18.1. The fourth-order valence-corrected chi connectivity index (χ4v) is 4.09. The summed E-state index contributed by atoms with van der Waals surface area (Å²) in [6, 6.07) is 9.71. The Morgan fingerprint density at radius 2 is 1.88 bits per heavy atom. The normalized spacial score (nSPS) is 11.2. The topological polar surface area (TPSA) is 64.2 Å². The van der Waals surface area contributed by atoms with Crippen LogP contribution < -0.4 is 5.32 Å². The molecule has 0 spiro atoms. The van der Waals surface area contributed by atoms with E-state index in [1.54, 1.807) is 11.3 Å². The van der Waals surface area contributed by atoms with E-state index in [-0.39, 0.29) is 5.91 Å². The number of aryl methyl sites for hydroxylation is 1. The van der Waals surface area contributed by atoms with Gasteiger partial charge in [-0.05, 0) is 43.7 Å². The number of nitrogens with one attached hydrogen (secondary N) is 1. The molecule has 7 heteroatoms. The minimum atomic E-state index is -0.0515. The number of nitrogens with zero attached hydrogens (tertiary/aromatic N) is 4. The second kappa shape index (κ2) is 6.76. The van der Waals surface area contributed by atoms with Crippen molar-refractivity contribution in [2.75, 3.05) is 6.54 Å². The number of hydrogen-bond acceptors (Lipinski definition) is 4. The monoisotopic (exact) mass is 365 g/mol. The van der Waals surface area contributed by atoms with E-state index < -0.39 is 0 Å². The van der Waals surface area contributed by atoms with Gasteiger partial charge in [-0.3, -0.25) is 9.20 Å². The van der Waals surface area contributed by atoms with Crippen LogP contribution in [-0.4, -0.2) is 31.6 Å². The van der Waals surface area contributed by atoms with Gasteiger partial charge in [-0.25, -0.2) is 0 Å². The predicted octanol–water partition coefficient (Wildman–Crippen LogP) is 3.17. The lowest BCUT2D eigenvalue weighted by molar-refractivity contribution is 0.0954. The molecule has 0 bridgehead atoms. The molecule has 0 aliphatic heterocycles.